The number of aliphatic hydroxyl groups is 1. The van der Waals surface area contributed by atoms with Crippen molar-refractivity contribution in [1.82, 2.24) is 15.6 Å². The second-order valence-corrected chi connectivity index (χ2v) is 10.1. The van der Waals surface area contributed by atoms with E-state index in [2.05, 4.69) is 15.6 Å². The van der Waals surface area contributed by atoms with Crippen LogP contribution in [-0.4, -0.2) is 46.6 Å². The number of anilines is 1. The number of amides is 2. The van der Waals surface area contributed by atoms with Crippen molar-refractivity contribution in [3.63, 3.8) is 0 Å². The van der Waals surface area contributed by atoms with E-state index in [0.717, 1.165) is 50.5 Å². The molecule has 2 saturated carbocycles. The van der Waals surface area contributed by atoms with E-state index in [0.29, 0.717) is 11.5 Å². The first-order valence-corrected chi connectivity index (χ1v) is 12.8. The van der Waals surface area contributed by atoms with Crippen LogP contribution in [0.5, 0.6) is 0 Å². The number of pyridine rings is 1. The highest BCUT2D eigenvalue weighted by atomic mass is 19.1. The Morgan fingerprint density at radius 1 is 1.14 bits per heavy atom. The second kappa shape index (κ2) is 10.4. The number of nitrogens with one attached hydrogen (secondary N) is 2. The molecule has 1 aliphatic heterocycles. The quantitative estimate of drug-likeness (QED) is 0.565. The fraction of sp³-hybridized carbons (Fsp3) is 0.519. The van der Waals surface area contributed by atoms with Gasteiger partial charge in [0.05, 0.1) is 17.8 Å². The van der Waals surface area contributed by atoms with Crippen LogP contribution < -0.4 is 15.5 Å². The zero-order chi connectivity index (χ0) is 24.4. The normalized spacial score (nSPS) is 23.6. The van der Waals surface area contributed by atoms with Gasteiger partial charge >= 0.3 is 0 Å². The zero-order valence-corrected chi connectivity index (χ0v) is 19.8. The van der Waals surface area contributed by atoms with Crippen molar-refractivity contribution < 1.29 is 19.1 Å². The van der Waals surface area contributed by atoms with Crippen LogP contribution in [-0.2, 0) is 9.59 Å². The standard InChI is InChI=1S/C27H33FN4O3/c28-22-13-18(17-8-9-17)10-11-24(22)32(27(35)23-14-21(33)16-30-23)25(19-5-4-12-29-15-19)26(34)31-20-6-2-1-3-7-20/h4-5,10-13,15,17,20-21,23,25,30,33H,1-3,6-9,14,16H2,(H,31,34). The third kappa shape index (κ3) is 5.38. The van der Waals surface area contributed by atoms with Crippen molar-refractivity contribution in [1.29, 1.82) is 0 Å². The summed E-state index contributed by atoms with van der Waals surface area (Å²) in [5.41, 5.74) is 1.49. The van der Waals surface area contributed by atoms with Crippen molar-refractivity contribution in [2.75, 3.05) is 11.4 Å². The van der Waals surface area contributed by atoms with Gasteiger partial charge in [-0.3, -0.25) is 19.5 Å². The van der Waals surface area contributed by atoms with Gasteiger partial charge in [-0.15, -0.1) is 0 Å². The molecule has 3 N–H and O–H groups in total. The maximum atomic E-state index is 15.6. The predicted octanol–water partition coefficient (Wildman–Crippen LogP) is 3.34. The molecule has 0 spiro atoms. The first-order valence-electron chi connectivity index (χ1n) is 12.8. The number of benzene rings is 1. The molecule has 1 saturated heterocycles. The summed E-state index contributed by atoms with van der Waals surface area (Å²) in [6, 6.07) is 6.64. The molecule has 1 aromatic heterocycles. The average Bonchev–Trinajstić information content (AvgIpc) is 3.63. The van der Waals surface area contributed by atoms with Gasteiger partial charge in [0, 0.05) is 30.5 Å². The van der Waals surface area contributed by atoms with E-state index >= 15 is 4.39 Å². The molecule has 35 heavy (non-hydrogen) atoms. The lowest BCUT2D eigenvalue weighted by molar-refractivity contribution is -0.128. The maximum absolute atomic E-state index is 15.6. The van der Waals surface area contributed by atoms with Crippen LogP contribution in [0.15, 0.2) is 42.7 Å². The molecular weight excluding hydrogens is 447 g/mol. The highest BCUT2D eigenvalue weighted by molar-refractivity contribution is 6.04. The van der Waals surface area contributed by atoms with Gasteiger partial charge in [0.25, 0.3) is 0 Å². The second-order valence-electron chi connectivity index (χ2n) is 10.1. The Balaban J connectivity index is 1.55. The number of nitrogens with zero attached hydrogens (tertiary/aromatic N) is 2. The van der Waals surface area contributed by atoms with Crippen LogP contribution in [0.25, 0.3) is 0 Å². The Morgan fingerprint density at radius 2 is 1.94 bits per heavy atom. The molecular formula is C27H33FN4O3. The van der Waals surface area contributed by atoms with Gasteiger partial charge in [-0.05, 0) is 61.8 Å². The van der Waals surface area contributed by atoms with Crippen molar-refractivity contribution in [3.8, 4) is 0 Å². The fourth-order valence-electron chi connectivity index (χ4n) is 5.33. The Labute approximate surface area is 205 Å². The van der Waals surface area contributed by atoms with Crippen LogP contribution in [0.3, 0.4) is 0 Å². The summed E-state index contributed by atoms with van der Waals surface area (Å²) in [4.78, 5) is 33.1. The minimum Gasteiger partial charge on any atom is -0.392 e. The third-order valence-electron chi connectivity index (χ3n) is 7.38. The SMILES string of the molecule is O=C(NC1CCCCC1)C(c1cccnc1)N(C(=O)C1CC(O)CN1)c1ccc(C2CC2)cc1F. The molecule has 0 radical (unpaired) electrons. The largest absolute Gasteiger partial charge is 0.392 e. The summed E-state index contributed by atoms with van der Waals surface area (Å²) in [6.45, 7) is 0.277. The van der Waals surface area contributed by atoms with Gasteiger partial charge < -0.3 is 15.7 Å². The molecule has 3 unspecified atom stereocenters. The van der Waals surface area contributed by atoms with Crippen LogP contribution in [0.4, 0.5) is 10.1 Å². The molecule has 186 valence electrons. The van der Waals surface area contributed by atoms with Crippen molar-refractivity contribution >= 4 is 17.5 Å². The number of halogens is 1. The Morgan fingerprint density at radius 3 is 2.57 bits per heavy atom. The highest BCUT2D eigenvalue weighted by Gasteiger charge is 2.40. The minimum absolute atomic E-state index is 0.0286. The van der Waals surface area contributed by atoms with Gasteiger partial charge in [-0.1, -0.05) is 31.4 Å². The molecule has 8 heteroatoms. The molecule has 3 atom stereocenters. The van der Waals surface area contributed by atoms with E-state index in [1.165, 1.54) is 11.0 Å². The average molecular weight is 481 g/mol. The van der Waals surface area contributed by atoms with E-state index in [9.17, 15) is 14.7 Å². The fourth-order valence-corrected chi connectivity index (χ4v) is 5.33. The third-order valence-corrected chi connectivity index (χ3v) is 7.38. The summed E-state index contributed by atoms with van der Waals surface area (Å²) in [7, 11) is 0. The van der Waals surface area contributed by atoms with Crippen LogP contribution in [0.2, 0.25) is 0 Å². The summed E-state index contributed by atoms with van der Waals surface area (Å²) < 4.78 is 15.6. The zero-order valence-electron chi connectivity index (χ0n) is 19.8. The summed E-state index contributed by atoms with van der Waals surface area (Å²) in [5.74, 6) is -0.951. The minimum atomic E-state index is -1.08. The number of hydrogen-bond acceptors (Lipinski definition) is 5. The molecule has 1 aromatic carbocycles. The van der Waals surface area contributed by atoms with Gasteiger partial charge in [0.2, 0.25) is 11.8 Å². The van der Waals surface area contributed by atoms with Crippen molar-refractivity contribution in [2.45, 2.75) is 81.5 Å². The summed E-state index contributed by atoms with van der Waals surface area (Å²) in [5, 5.41) is 16.2. The molecule has 5 rings (SSSR count). The lowest BCUT2D eigenvalue weighted by Gasteiger charge is -2.35. The van der Waals surface area contributed by atoms with E-state index in [1.807, 2.05) is 6.07 Å². The summed E-state index contributed by atoms with van der Waals surface area (Å²) in [6.07, 6.45) is 9.80. The van der Waals surface area contributed by atoms with Crippen LogP contribution in [0, 0.1) is 5.82 Å². The number of aliphatic hydroxyl groups excluding tert-OH is 1. The van der Waals surface area contributed by atoms with E-state index < -0.39 is 29.9 Å². The Kier molecular flexibility index (Phi) is 7.11. The van der Waals surface area contributed by atoms with Crippen LogP contribution >= 0.6 is 0 Å². The number of hydrogen-bond donors (Lipinski definition) is 3. The first-order chi connectivity index (χ1) is 17.0. The molecule has 0 bridgehead atoms. The van der Waals surface area contributed by atoms with Crippen molar-refractivity contribution in [2.24, 2.45) is 0 Å². The van der Waals surface area contributed by atoms with Gasteiger partial charge in [0.15, 0.2) is 0 Å². The van der Waals surface area contributed by atoms with Crippen molar-refractivity contribution in [3.05, 3.63) is 59.7 Å². The molecule has 3 aliphatic rings. The number of β-amino-alcohol motifs (C(OH)–C–C–N with tert-alkyl or cyclic N) is 1. The number of rotatable bonds is 7. The van der Waals surface area contributed by atoms with Gasteiger partial charge in [-0.2, -0.15) is 0 Å². The van der Waals surface area contributed by atoms with Crippen LogP contribution in [0.1, 0.15) is 74.5 Å². The number of carbonyl (C=O) groups is 2. The monoisotopic (exact) mass is 480 g/mol. The molecule has 3 fully saturated rings. The molecule has 2 heterocycles. The maximum Gasteiger partial charge on any atom is 0.248 e. The Bertz CT molecular complexity index is 1060. The predicted molar refractivity (Wildman–Crippen MR) is 130 cm³/mol. The topological polar surface area (TPSA) is 94.6 Å². The highest BCUT2D eigenvalue weighted by Crippen LogP contribution is 2.42. The van der Waals surface area contributed by atoms with E-state index in [-0.39, 0.29) is 30.6 Å². The number of aromatic nitrogens is 1. The number of carbonyl (C=O) groups excluding carboxylic acids is 2. The first kappa shape index (κ1) is 23.9. The molecule has 2 amide bonds. The smallest absolute Gasteiger partial charge is 0.248 e. The van der Waals surface area contributed by atoms with Gasteiger partial charge in [0.1, 0.15) is 11.9 Å². The lowest BCUT2D eigenvalue weighted by atomic mass is 9.94. The van der Waals surface area contributed by atoms with E-state index in [4.69, 9.17) is 0 Å². The molecule has 2 aromatic rings. The Hall–Kier alpha value is -2.84. The van der Waals surface area contributed by atoms with E-state index in [1.54, 1.807) is 30.6 Å². The molecule has 7 nitrogen and oxygen atoms in total. The lowest BCUT2D eigenvalue weighted by Crippen LogP contribution is -2.51. The molecule has 2 aliphatic carbocycles. The summed E-state index contributed by atoms with van der Waals surface area (Å²) >= 11 is 0. The van der Waals surface area contributed by atoms with Gasteiger partial charge in [-0.25, -0.2) is 4.39 Å².